The Labute approximate surface area is 183 Å². The van der Waals surface area contributed by atoms with Gasteiger partial charge in [-0.2, -0.15) is 0 Å². The lowest BCUT2D eigenvalue weighted by Crippen LogP contribution is -2.52. The summed E-state index contributed by atoms with van der Waals surface area (Å²) in [5.41, 5.74) is 1.08. The summed E-state index contributed by atoms with van der Waals surface area (Å²) in [7, 11) is 0. The number of nitrogens with one attached hydrogen (secondary N) is 1. The Morgan fingerprint density at radius 3 is 2.45 bits per heavy atom. The molecule has 1 fully saturated rings. The van der Waals surface area contributed by atoms with Crippen molar-refractivity contribution >= 4 is 11.8 Å². The fourth-order valence-electron chi connectivity index (χ4n) is 3.92. The van der Waals surface area contributed by atoms with Gasteiger partial charge in [-0.3, -0.25) is 9.59 Å². The van der Waals surface area contributed by atoms with E-state index in [0.29, 0.717) is 13.0 Å². The molecule has 0 aromatic heterocycles. The molecular weight excluding hydrogens is 395 g/mol. The van der Waals surface area contributed by atoms with E-state index in [1.54, 1.807) is 19.1 Å². The fourth-order valence-corrected chi connectivity index (χ4v) is 3.92. The normalized spacial score (nSPS) is 15.2. The van der Waals surface area contributed by atoms with Gasteiger partial charge >= 0.3 is 0 Å². The molecule has 0 radical (unpaired) electrons. The van der Waals surface area contributed by atoms with E-state index in [1.807, 2.05) is 30.3 Å². The highest BCUT2D eigenvalue weighted by Crippen LogP contribution is 2.18. The quantitative estimate of drug-likeness (QED) is 0.656. The van der Waals surface area contributed by atoms with E-state index >= 15 is 0 Å². The number of nitrogens with zero attached hydrogens (tertiary/aromatic N) is 1. The smallest absolute Gasteiger partial charge is 0.261 e. The molecular formula is C25H31FN2O3. The number of carbonyl (C=O) groups excluding carboxylic acids is 2. The number of rotatable bonds is 9. The Morgan fingerprint density at radius 2 is 1.74 bits per heavy atom. The Hall–Kier alpha value is -2.89. The van der Waals surface area contributed by atoms with Gasteiger partial charge in [-0.1, -0.05) is 61.7 Å². The molecule has 0 saturated heterocycles. The van der Waals surface area contributed by atoms with Crippen molar-refractivity contribution in [2.75, 3.05) is 13.2 Å². The van der Waals surface area contributed by atoms with Crippen molar-refractivity contribution in [3.05, 3.63) is 66.0 Å². The molecule has 166 valence electrons. The Kier molecular flexibility index (Phi) is 8.44. The Bertz CT molecular complexity index is 853. The largest absolute Gasteiger partial charge is 0.481 e. The van der Waals surface area contributed by atoms with Crippen molar-refractivity contribution in [3.63, 3.8) is 0 Å². The minimum absolute atomic E-state index is 0.0261. The average molecular weight is 427 g/mol. The number of amides is 2. The van der Waals surface area contributed by atoms with Gasteiger partial charge in [0.15, 0.2) is 18.2 Å². The van der Waals surface area contributed by atoms with Crippen LogP contribution in [-0.4, -0.2) is 41.9 Å². The van der Waals surface area contributed by atoms with E-state index in [2.05, 4.69) is 5.32 Å². The zero-order chi connectivity index (χ0) is 22.1. The second kappa shape index (κ2) is 11.5. The van der Waals surface area contributed by atoms with Crippen LogP contribution in [0.15, 0.2) is 54.6 Å². The van der Waals surface area contributed by atoms with Crippen molar-refractivity contribution in [3.8, 4) is 5.75 Å². The summed E-state index contributed by atoms with van der Waals surface area (Å²) in [4.78, 5) is 27.4. The minimum Gasteiger partial charge on any atom is -0.481 e. The lowest BCUT2D eigenvalue weighted by atomic mass is 9.95. The van der Waals surface area contributed by atoms with Crippen LogP contribution in [0.5, 0.6) is 5.75 Å². The summed E-state index contributed by atoms with van der Waals surface area (Å²) < 4.78 is 19.3. The summed E-state index contributed by atoms with van der Waals surface area (Å²) in [6, 6.07) is 15.3. The first-order chi connectivity index (χ1) is 15.0. The maximum atomic E-state index is 13.8. The average Bonchev–Trinajstić information content (AvgIpc) is 2.80. The molecule has 5 nitrogen and oxygen atoms in total. The van der Waals surface area contributed by atoms with E-state index in [9.17, 15) is 14.0 Å². The first-order valence-corrected chi connectivity index (χ1v) is 11.1. The highest BCUT2D eigenvalue weighted by Gasteiger charge is 2.28. The third kappa shape index (κ3) is 6.81. The predicted octanol–water partition coefficient (Wildman–Crippen LogP) is 4.11. The molecule has 1 unspecified atom stereocenters. The third-order valence-corrected chi connectivity index (χ3v) is 5.79. The number of hydrogen-bond donors (Lipinski definition) is 1. The SMILES string of the molecule is CC(C(=O)NC1CCCCC1)N(CCc1ccccc1)C(=O)COc1ccccc1F. The maximum absolute atomic E-state index is 13.8. The first kappa shape index (κ1) is 22.8. The third-order valence-electron chi connectivity index (χ3n) is 5.79. The van der Waals surface area contributed by atoms with E-state index < -0.39 is 11.9 Å². The fraction of sp³-hybridized carbons (Fsp3) is 0.440. The van der Waals surface area contributed by atoms with E-state index in [1.165, 1.54) is 23.5 Å². The number of ether oxygens (including phenoxy) is 1. The number of halogens is 1. The second-order valence-corrected chi connectivity index (χ2v) is 8.06. The highest BCUT2D eigenvalue weighted by atomic mass is 19.1. The standard InChI is InChI=1S/C25H31FN2O3/c1-19(25(30)27-21-12-6-3-7-13-21)28(17-16-20-10-4-2-5-11-20)24(29)18-31-23-15-9-8-14-22(23)26/h2,4-5,8-11,14-15,19,21H,3,6-7,12-13,16-18H2,1H3,(H,27,30). The maximum Gasteiger partial charge on any atom is 0.261 e. The summed E-state index contributed by atoms with van der Waals surface area (Å²) in [6.45, 7) is 1.80. The summed E-state index contributed by atoms with van der Waals surface area (Å²) >= 11 is 0. The molecule has 3 rings (SSSR count). The molecule has 2 aromatic rings. The molecule has 0 heterocycles. The summed E-state index contributed by atoms with van der Waals surface area (Å²) in [6.07, 6.45) is 6.02. The Balaban J connectivity index is 1.65. The summed E-state index contributed by atoms with van der Waals surface area (Å²) in [5, 5.41) is 3.10. The van der Waals surface area contributed by atoms with Gasteiger partial charge in [-0.05, 0) is 43.9 Å². The number of para-hydroxylation sites is 1. The lowest BCUT2D eigenvalue weighted by molar-refractivity contribution is -0.141. The van der Waals surface area contributed by atoms with E-state index in [0.717, 1.165) is 31.2 Å². The Morgan fingerprint density at radius 1 is 1.06 bits per heavy atom. The van der Waals surface area contributed by atoms with Gasteiger partial charge in [0.1, 0.15) is 6.04 Å². The monoisotopic (exact) mass is 426 g/mol. The van der Waals surface area contributed by atoms with Crippen molar-refractivity contribution in [2.45, 2.75) is 57.5 Å². The number of hydrogen-bond acceptors (Lipinski definition) is 3. The molecule has 0 spiro atoms. The molecule has 2 aromatic carbocycles. The van der Waals surface area contributed by atoms with Gasteiger partial charge < -0.3 is 15.0 Å². The van der Waals surface area contributed by atoms with Crippen molar-refractivity contribution in [2.24, 2.45) is 0 Å². The molecule has 1 atom stereocenters. The van der Waals surface area contributed by atoms with Crippen molar-refractivity contribution in [1.82, 2.24) is 10.2 Å². The van der Waals surface area contributed by atoms with Crippen LogP contribution < -0.4 is 10.1 Å². The van der Waals surface area contributed by atoms with Crippen molar-refractivity contribution < 1.29 is 18.7 Å². The molecule has 0 aliphatic heterocycles. The van der Waals surface area contributed by atoms with Crippen LogP contribution in [0.2, 0.25) is 0 Å². The number of benzene rings is 2. The molecule has 1 aliphatic rings. The molecule has 31 heavy (non-hydrogen) atoms. The molecule has 1 N–H and O–H groups in total. The van der Waals surface area contributed by atoms with Crippen LogP contribution >= 0.6 is 0 Å². The van der Waals surface area contributed by atoms with Crippen LogP contribution in [0.25, 0.3) is 0 Å². The van der Waals surface area contributed by atoms with Crippen LogP contribution in [-0.2, 0) is 16.0 Å². The second-order valence-electron chi connectivity index (χ2n) is 8.06. The molecule has 6 heteroatoms. The van der Waals surface area contributed by atoms with Gasteiger partial charge in [0.25, 0.3) is 5.91 Å². The van der Waals surface area contributed by atoms with Crippen LogP contribution in [0.3, 0.4) is 0 Å². The van der Waals surface area contributed by atoms with E-state index in [-0.39, 0.29) is 30.2 Å². The van der Waals surface area contributed by atoms with Crippen LogP contribution in [0.4, 0.5) is 4.39 Å². The molecule has 1 saturated carbocycles. The zero-order valence-electron chi connectivity index (χ0n) is 18.1. The topological polar surface area (TPSA) is 58.6 Å². The molecule has 2 amide bonds. The predicted molar refractivity (Wildman–Crippen MR) is 118 cm³/mol. The highest BCUT2D eigenvalue weighted by molar-refractivity contribution is 5.88. The molecule has 0 bridgehead atoms. The zero-order valence-corrected chi connectivity index (χ0v) is 18.1. The minimum atomic E-state index is -0.637. The van der Waals surface area contributed by atoms with Gasteiger partial charge in [0.2, 0.25) is 5.91 Å². The van der Waals surface area contributed by atoms with Crippen LogP contribution in [0, 0.1) is 5.82 Å². The van der Waals surface area contributed by atoms with Gasteiger partial charge in [-0.15, -0.1) is 0 Å². The van der Waals surface area contributed by atoms with Gasteiger partial charge in [-0.25, -0.2) is 4.39 Å². The number of carbonyl (C=O) groups is 2. The lowest BCUT2D eigenvalue weighted by Gasteiger charge is -2.31. The van der Waals surface area contributed by atoms with Crippen molar-refractivity contribution in [1.29, 1.82) is 0 Å². The van der Waals surface area contributed by atoms with Gasteiger partial charge in [0, 0.05) is 12.6 Å². The van der Waals surface area contributed by atoms with Crippen LogP contribution in [0.1, 0.15) is 44.6 Å². The summed E-state index contributed by atoms with van der Waals surface area (Å²) in [5.74, 6) is -0.989. The van der Waals surface area contributed by atoms with Gasteiger partial charge in [0.05, 0.1) is 0 Å². The first-order valence-electron chi connectivity index (χ1n) is 11.1. The molecule has 1 aliphatic carbocycles. The van der Waals surface area contributed by atoms with E-state index in [4.69, 9.17) is 4.74 Å².